The van der Waals surface area contributed by atoms with Crippen LogP contribution in [0, 0.1) is 0 Å². The van der Waals surface area contributed by atoms with Crippen LogP contribution < -0.4 is 0 Å². The molecule has 1 N–H and O–H groups in total. The van der Waals surface area contributed by atoms with Gasteiger partial charge in [0.25, 0.3) is 0 Å². The van der Waals surface area contributed by atoms with Crippen LogP contribution in [0.3, 0.4) is 0 Å². The third-order valence-electron chi connectivity index (χ3n) is 2.73. The number of nitrogens with zero attached hydrogens (tertiary/aromatic N) is 4. The molecule has 0 bridgehead atoms. The molecule has 1 aliphatic carbocycles. The molecule has 0 amide bonds. The monoisotopic (exact) mass is 235 g/mol. The first-order valence-corrected chi connectivity index (χ1v) is 6.28. The van der Waals surface area contributed by atoms with Gasteiger partial charge in [0.2, 0.25) is 0 Å². The molecule has 0 aliphatic heterocycles. The van der Waals surface area contributed by atoms with Gasteiger partial charge in [-0.05, 0) is 30.3 Å². The van der Waals surface area contributed by atoms with Gasteiger partial charge in [-0.2, -0.15) is 5.10 Å². The van der Waals surface area contributed by atoms with Crippen LogP contribution >= 0.6 is 11.5 Å². The molecule has 0 radical (unpaired) electrons. The van der Waals surface area contributed by atoms with E-state index in [0.717, 1.165) is 22.2 Å². The van der Waals surface area contributed by atoms with E-state index in [1.54, 1.807) is 0 Å². The number of H-pyrrole nitrogens is 1. The molecule has 16 heavy (non-hydrogen) atoms. The second kappa shape index (κ2) is 3.62. The van der Waals surface area contributed by atoms with Crippen LogP contribution in [0.25, 0.3) is 10.7 Å². The molecule has 0 spiro atoms. The Labute approximate surface area is 97.5 Å². The van der Waals surface area contributed by atoms with Crippen molar-refractivity contribution in [3.63, 3.8) is 0 Å². The average Bonchev–Trinajstić information content (AvgIpc) is 2.83. The van der Waals surface area contributed by atoms with Crippen molar-refractivity contribution >= 4 is 11.5 Å². The van der Waals surface area contributed by atoms with Gasteiger partial charge in [-0.1, -0.05) is 18.3 Å². The van der Waals surface area contributed by atoms with Gasteiger partial charge in [0.15, 0.2) is 5.82 Å². The Bertz CT molecular complexity index is 497. The number of aromatic nitrogens is 5. The number of aromatic amines is 1. The van der Waals surface area contributed by atoms with Crippen LogP contribution in [0.1, 0.15) is 50.0 Å². The average molecular weight is 235 g/mol. The zero-order valence-electron chi connectivity index (χ0n) is 9.27. The Balaban J connectivity index is 1.97. The van der Waals surface area contributed by atoms with Gasteiger partial charge < -0.3 is 0 Å². The first-order valence-electron chi connectivity index (χ1n) is 5.50. The van der Waals surface area contributed by atoms with E-state index in [1.807, 2.05) is 0 Å². The lowest BCUT2D eigenvalue weighted by molar-refractivity contribution is 0.812. The smallest absolute Gasteiger partial charge is 0.194 e. The van der Waals surface area contributed by atoms with Gasteiger partial charge in [-0.3, -0.25) is 5.10 Å². The highest BCUT2D eigenvalue weighted by molar-refractivity contribution is 7.09. The van der Waals surface area contributed by atoms with Crippen molar-refractivity contribution in [2.45, 2.75) is 38.5 Å². The van der Waals surface area contributed by atoms with Crippen molar-refractivity contribution in [3.8, 4) is 10.7 Å². The van der Waals surface area contributed by atoms with Crippen LogP contribution in [0.15, 0.2) is 0 Å². The quantitative estimate of drug-likeness (QED) is 0.886. The zero-order chi connectivity index (χ0) is 11.1. The van der Waals surface area contributed by atoms with Gasteiger partial charge in [0.1, 0.15) is 10.7 Å². The molecule has 6 heteroatoms. The van der Waals surface area contributed by atoms with Gasteiger partial charge in [-0.15, -0.1) is 5.10 Å². The number of nitrogens with one attached hydrogen (secondary N) is 1. The number of hydrogen-bond acceptors (Lipinski definition) is 5. The van der Waals surface area contributed by atoms with E-state index in [-0.39, 0.29) is 0 Å². The van der Waals surface area contributed by atoms with Crippen LogP contribution in [0.4, 0.5) is 0 Å². The van der Waals surface area contributed by atoms with Gasteiger partial charge in [0, 0.05) is 5.92 Å². The summed E-state index contributed by atoms with van der Waals surface area (Å²) < 4.78 is 3.99. The fraction of sp³-hybridized carbons (Fsp3) is 0.600. The van der Waals surface area contributed by atoms with Crippen molar-refractivity contribution in [3.05, 3.63) is 11.5 Å². The van der Waals surface area contributed by atoms with Gasteiger partial charge in [-0.25, -0.2) is 4.98 Å². The molecule has 5 nitrogen and oxygen atoms in total. The second-order valence-corrected chi connectivity index (χ2v) is 5.21. The SMILES string of the molecule is CC(C)c1nnsc1-c1n[nH]c(C2CC2)n1. The highest BCUT2D eigenvalue weighted by atomic mass is 32.1. The van der Waals surface area contributed by atoms with Crippen molar-refractivity contribution in [1.29, 1.82) is 0 Å². The first-order chi connectivity index (χ1) is 7.75. The first kappa shape index (κ1) is 9.89. The number of hydrogen-bond donors (Lipinski definition) is 1. The van der Waals surface area contributed by atoms with Crippen LogP contribution in [0.5, 0.6) is 0 Å². The standard InChI is InChI=1S/C10H13N5S/c1-5(2)7-8(16-15-12-7)10-11-9(13-14-10)6-3-4-6/h5-6H,3-4H2,1-2H3,(H,11,13,14). The summed E-state index contributed by atoms with van der Waals surface area (Å²) in [5.41, 5.74) is 0.992. The summed E-state index contributed by atoms with van der Waals surface area (Å²) >= 11 is 1.37. The van der Waals surface area contributed by atoms with E-state index < -0.39 is 0 Å². The molecule has 2 aromatic rings. The maximum absolute atomic E-state index is 4.52. The lowest BCUT2D eigenvalue weighted by Crippen LogP contribution is -1.91. The minimum Gasteiger partial charge on any atom is -0.262 e. The molecule has 0 unspecified atom stereocenters. The Kier molecular flexibility index (Phi) is 2.24. The van der Waals surface area contributed by atoms with E-state index in [4.69, 9.17) is 0 Å². The van der Waals surface area contributed by atoms with Crippen molar-refractivity contribution < 1.29 is 0 Å². The Hall–Kier alpha value is -1.30. The molecule has 0 atom stereocenters. The normalized spacial score (nSPS) is 15.9. The predicted molar refractivity (Wildman–Crippen MR) is 61.3 cm³/mol. The molecule has 2 heterocycles. The Morgan fingerprint density at radius 2 is 2.19 bits per heavy atom. The van der Waals surface area contributed by atoms with Gasteiger partial charge >= 0.3 is 0 Å². The summed E-state index contributed by atoms with van der Waals surface area (Å²) in [5, 5.41) is 11.4. The molecule has 84 valence electrons. The van der Waals surface area contributed by atoms with Crippen molar-refractivity contribution in [1.82, 2.24) is 24.8 Å². The van der Waals surface area contributed by atoms with Gasteiger partial charge in [0.05, 0.1) is 5.69 Å². The largest absolute Gasteiger partial charge is 0.262 e. The highest BCUT2D eigenvalue weighted by Gasteiger charge is 2.28. The minimum absolute atomic E-state index is 0.358. The Morgan fingerprint density at radius 1 is 1.38 bits per heavy atom. The molecule has 0 aromatic carbocycles. The van der Waals surface area contributed by atoms with E-state index >= 15 is 0 Å². The van der Waals surface area contributed by atoms with E-state index in [9.17, 15) is 0 Å². The topological polar surface area (TPSA) is 67.3 Å². The third kappa shape index (κ3) is 1.63. The molecule has 2 aromatic heterocycles. The van der Waals surface area contributed by atoms with Crippen molar-refractivity contribution in [2.24, 2.45) is 0 Å². The summed E-state index contributed by atoms with van der Waals surface area (Å²) in [4.78, 5) is 5.52. The molecular weight excluding hydrogens is 222 g/mol. The molecule has 3 rings (SSSR count). The van der Waals surface area contributed by atoms with Crippen molar-refractivity contribution in [2.75, 3.05) is 0 Å². The van der Waals surface area contributed by atoms with Crippen LogP contribution in [-0.2, 0) is 0 Å². The summed E-state index contributed by atoms with van der Waals surface area (Å²) in [6.45, 7) is 4.21. The fourth-order valence-electron chi connectivity index (χ4n) is 1.65. The summed E-state index contributed by atoms with van der Waals surface area (Å²) in [6.07, 6.45) is 2.46. The maximum Gasteiger partial charge on any atom is 0.194 e. The molecule has 1 fully saturated rings. The summed E-state index contributed by atoms with van der Waals surface area (Å²) in [5.74, 6) is 2.72. The van der Waals surface area contributed by atoms with E-state index in [0.29, 0.717) is 11.8 Å². The van der Waals surface area contributed by atoms with E-state index in [1.165, 1.54) is 24.4 Å². The van der Waals surface area contributed by atoms with E-state index in [2.05, 4.69) is 38.6 Å². The fourth-order valence-corrected chi connectivity index (χ4v) is 2.40. The predicted octanol–water partition coefficient (Wildman–Crippen LogP) is 2.32. The van der Waals surface area contributed by atoms with Crippen LogP contribution in [-0.4, -0.2) is 24.8 Å². The van der Waals surface area contributed by atoms with Crippen LogP contribution in [0.2, 0.25) is 0 Å². The minimum atomic E-state index is 0.358. The lowest BCUT2D eigenvalue weighted by Gasteiger charge is -1.99. The zero-order valence-corrected chi connectivity index (χ0v) is 10.1. The molecule has 1 aliphatic rings. The summed E-state index contributed by atoms with van der Waals surface area (Å²) in [6, 6.07) is 0. The molecule has 0 saturated heterocycles. The number of rotatable bonds is 3. The lowest BCUT2D eigenvalue weighted by atomic mass is 10.1. The summed E-state index contributed by atoms with van der Waals surface area (Å²) in [7, 11) is 0. The molecule has 1 saturated carbocycles. The second-order valence-electron chi connectivity index (χ2n) is 4.46. The third-order valence-corrected chi connectivity index (χ3v) is 3.47. The highest BCUT2D eigenvalue weighted by Crippen LogP contribution is 2.39. The molecular formula is C10H13N5S. The Morgan fingerprint density at radius 3 is 2.88 bits per heavy atom. The maximum atomic E-state index is 4.52.